The second-order valence-corrected chi connectivity index (χ2v) is 8.49. The van der Waals surface area contributed by atoms with Crippen LogP contribution in [-0.2, 0) is 16.1 Å². The molecule has 3 aromatic rings. The number of carbonyl (C=O) groups is 1. The van der Waals surface area contributed by atoms with Crippen molar-refractivity contribution in [3.63, 3.8) is 0 Å². The number of rotatable bonds is 6. The van der Waals surface area contributed by atoms with Crippen molar-refractivity contribution in [2.24, 2.45) is 4.99 Å². The lowest BCUT2D eigenvalue weighted by Crippen LogP contribution is -2.05. The van der Waals surface area contributed by atoms with Crippen molar-refractivity contribution < 1.29 is 19.0 Å². The van der Waals surface area contributed by atoms with Crippen LogP contribution in [0.1, 0.15) is 22.3 Å². The number of aryl methyl sites for hydroxylation is 1. The van der Waals surface area contributed by atoms with Crippen molar-refractivity contribution >= 4 is 52.7 Å². The highest BCUT2D eigenvalue weighted by atomic mass is 35.5. The number of hydrogen-bond acceptors (Lipinski definition) is 5. The monoisotopic (exact) mass is 501 g/mol. The van der Waals surface area contributed by atoms with Gasteiger partial charge in [0, 0.05) is 5.56 Å². The van der Waals surface area contributed by atoms with Crippen molar-refractivity contribution in [3.8, 4) is 11.5 Å². The summed E-state index contributed by atoms with van der Waals surface area (Å²) in [5, 5.41) is 1.22. The molecule has 0 amide bonds. The summed E-state index contributed by atoms with van der Waals surface area (Å²) in [7, 11) is 1.51. The van der Waals surface area contributed by atoms with Gasteiger partial charge in [-0.05, 0) is 60.5 Å². The number of nitrogens with zero attached hydrogens (tertiary/aromatic N) is 1. The zero-order chi connectivity index (χ0) is 23.5. The Hall–Kier alpha value is -2.99. The van der Waals surface area contributed by atoms with Crippen molar-refractivity contribution in [1.29, 1.82) is 0 Å². The number of halogens is 3. The highest BCUT2D eigenvalue weighted by Gasteiger charge is 2.24. The van der Waals surface area contributed by atoms with Gasteiger partial charge in [-0.3, -0.25) is 0 Å². The summed E-state index contributed by atoms with van der Waals surface area (Å²) in [4.78, 5) is 16.7. The van der Waals surface area contributed by atoms with E-state index in [2.05, 4.69) is 4.99 Å². The van der Waals surface area contributed by atoms with Crippen LogP contribution in [0, 0.1) is 6.92 Å². The first-order chi connectivity index (χ1) is 15.8. The molecule has 33 heavy (non-hydrogen) atoms. The Morgan fingerprint density at radius 2 is 1.73 bits per heavy atom. The first kappa shape index (κ1) is 23.2. The van der Waals surface area contributed by atoms with Crippen LogP contribution in [0.3, 0.4) is 0 Å². The van der Waals surface area contributed by atoms with Crippen LogP contribution in [0.25, 0.3) is 6.08 Å². The van der Waals surface area contributed by atoms with Crippen LogP contribution < -0.4 is 9.47 Å². The lowest BCUT2D eigenvalue weighted by atomic mass is 10.1. The molecule has 1 heterocycles. The number of esters is 1. The average molecular weight is 503 g/mol. The van der Waals surface area contributed by atoms with E-state index in [9.17, 15) is 4.79 Å². The Balaban J connectivity index is 1.58. The van der Waals surface area contributed by atoms with E-state index in [1.165, 1.54) is 7.11 Å². The standard InChI is InChI=1S/C25H18Cl3NO4/c1-14-3-6-17(7-4-14)24-29-21(25(30)33-24)11-16-10-20(28)23(22(12-16)31-2)32-13-15-5-8-18(26)19(27)9-15/h3-12H,13H2,1-2H3/b21-11-. The maximum Gasteiger partial charge on any atom is 0.363 e. The van der Waals surface area contributed by atoms with Gasteiger partial charge >= 0.3 is 5.97 Å². The molecule has 0 unspecified atom stereocenters. The molecule has 0 atom stereocenters. The van der Waals surface area contributed by atoms with Crippen LogP contribution in [0.2, 0.25) is 15.1 Å². The maximum absolute atomic E-state index is 12.3. The maximum atomic E-state index is 12.3. The summed E-state index contributed by atoms with van der Waals surface area (Å²) in [5.41, 5.74) is 3.41. The molecule has 0 fully saturated rings. The molecule has 0 N–H and O–H groups in total. The molecule has 0 radical (unpaired) electrons. The summed E-state index contributed by atoms with van der Waals surface area (Å²) in [5.74, 6) is 0.486. The van der Waals surface area contributed by atoms with E-state index in [-0.39, 0.29) is 18.2 Å². The second-order valence-electron chi connectivity index (χ2n) is 7.27. The summed E-state index contributed by atoms with van der Waals surface area (Å²) < 4.78 is 16.6. The third-order valence-corrected chi connectivity index (χ3v) is 5.86. The summed E-state index contributed by atoms with van der Waals surface area (Å²) >= 11 is 18.5. The molecule has 5 nitrogen and oxygen atoms in total. The van der Waals surface area contributed by atoms with Gasteiger partial charge < -0.3 is 14.2 Å². The van der Waals surface area contributed by atoms with Gasteiger partial charge in [0.25, 0.3) is 0 Å². The zero-order valence-electron chi connectivity index (χ0n) is 17.7. The quantitative estimate of drug-likeness (QED) is 0.272. The molecule has 0 spiro atoms. The Kier molecular flexibility index (Phi) is 6.94. The van der Waals surface area contributed by atoms with Crippen LogP contribution in [0.15, 0.2) is 65.3 Å². The Morgan fingerprint density at radius 1 is 0.970 bits per heavy atom. The van der Waals surface area contributed by atoms with E-state index >= 15 is 0 Å². The number of ether oxygens (including phenoxy) is 3. The minimum absolute atomic E-state index is 0.160. The van der Waals surface area contributed by atoms with Crippen LogP contribution >= 0.6 is 34.8 Å². The third kappa shape index (κ3) is 5.33. The highest BCUT2D eigenvalue weighted by Crippen LogP contribution is 2.38. The fourth-order valence-electron chi connectivity index (χ4n) is 3.13. The van der Waals surface area contributed by atoms with Gasteiger partial charge in [-0.2, -0.15) is 0 Å². The molecule has 0 aromatic heterocycles. The van der Waals surface area contributed by atoms with Gasteiger partial charge in [-0.1, -0.05) is 58.6 Å². The van der Waals surface area contributed by atoms with Gasteiger partial charge in [0.1, 0.15) is 6.61 Å². The first-order valence-corrected chi connectivity index (χ1v) is 11.0. The number of cyclic esters (lactones) is 1. The van der Waals surface area contributed by atoms with Crippen molar-refractivity contribution in [2.75, 3.05) is 7.11 Å². The lowest BCUT2D eigenvalue weighted by Gasteiger charge is -2.14. The van der Waals surface area contributed by atoms with Gasteiger partial charge in [0.15, 0.2) is 17.2 Å². The smallest absolute Gasteiger partial charge is 0.363 e. The third-order valence-electron chi connectivity index (χ3n) is 4.84. The van der Waals surface area contributed by atoms with Crippen LogP contribution in [0.4, 0.5) is 0 Å². The molecule has 1 aliphatic rings. The van der Waals surface area contributed by atoms with E-state index < -0.39 is 5.97 Å². The predicted octanol–water partition coefficient (Wildman–Crippen LogP) is 6.89. The summed E-state index contributed by atoms with van der Waals surface area (Å²) in [6.07, 6.45) is 1.58. The van der Waals surface area contributed by atoms with Gasteiger partial charge in [-0.25, -0.2) is 9.79 Å². The molecule has 4 rings (SSSR count). The largest absolute Gasteiger partial charge is 0.493 e. The average Bonchev–Trinajstić information content (AvgIpc) is 3.15. The Labute approximate surface area is 206 Å². The molecule has 0 saturated heterocycles. The number of carbonyl (C=O) groups excluding carboxylic acids is 1. The van der Waals surface area contributed by atoms with Gasteiger partial charge in [-0.15, -0.1) is 0 Å². The molecule has 168 valence electrons. The van der Waals surface area contributed by atoms with Crippen molar-refractivity contribution in [2.45, 2.75) is 13.5 Å². The highest BCUT2D eigenvalue weighted by molar-refractivity contribution is 6.42. The normalized spacial score (nSPS) is 14.3. The minimum Gasteiger partial charge on any atom is -0.493 e. The number of methoxy groups -OCH3 is 1. The SMILES string of the molecule is COc1cc(/C=C2\N=C(c3ccc(C)cc3)OC2=O)cc(Cl)c1OCc1ccc(Cl)c(Cl)c1. The molecular weight excluding hydrogens is 485 g/mol. The van der Waals surface area contributed by atoms with E-state index in [1.807, 2.05) is 37.3 Å². The number of hydrogen-bond donors (Lipinski definition) is 0. The van der Waals surface area contributed by atoms with E-state index in [1.54, 1.807) is 30.3 Å². The van der Waals surface area contributed by atoms with Gasteiger partial charge in [0.05, 0.1) is 22.2 Å². The summed E-state index contributed by atoms with van der Waals surface area (Å²) in [6.45, 7) is 2.19. The Morgan fingerprint density at radius 3 is 2.42 bits per heavy atom. The fraction of sp³-hybridized carbons (Fsp3) is 0.120. The topological polar surface area (TPSA) is 57.1 Å². The lowest BCUT2D eigenvalue weighted by molar-refractivity contribution is -0.129. The zero-order valence-corrected chi connectivity index (χ0v) is 20.0. The second kappa shape index (κ2) is 9.87. The predicted molar refractivity (Wildman–Crippen MR) is 131 cm³/mol. The molecule has 1 aliphatic heterocycles. The van der Waals surface area contributed by atoms with Gasteiger partial charge in [0.2, 0.25) is 5.90 Å². The molecule has 3 aromatic carbocycles. The molecule has 0 saturated carbocycles. The van der Waals surface area contributed by atoms with E-state index in [0.717, 1.165) is 16.7 Å². The van der Waals surface area contributed by atoms with Crippen molar-refractivity contribution in [3.05, 3.63) is 97.6 Å². The van der Waals surface area contributed by atoms with E-state index in [0.29, 0.717) is 32.1 Å². The molecule has 0 bridgehead atoms. The van der Waals surface area contributed by atoms with E-state index in [4.69, 9.17) is 49.0 Å². The van der Waals surface area contributed by atoms with Crippen molar-refractivity contribution in [1.82, 2.24) is 0 Å². The van der Waals surface area contributed by atoms with Crippen LogP contribution in [0.5, 0.6) is 11.5 Å². The first-order valence-electron chi connectivity index (χ1n) is 9.88. The number of aliphatic imine (C=N–C) groups is 1. The summed E-state index contributed by atoms with van der Waals surface area (Å²) in [6, 6.07) is 16.1. The number of benzene rings is 3. The molecule has 8 heteroatoms. The van der Waals surface area contributed by atoms with Crippen LogP contribution in [-0.4, -0.2) is 19.0 Å². The fourth-order valence-corrected chi connectivity index (χ4v) is 3.73. The molecular formula is C25H18Cl3NO4. The Bertz CT molecular complexity index is 1280. The minimum atomic E-state index is -0.541. The molecule has 0 aliphatic carbocycles.